The van der Waals surface area contributed by atoms with Crippen molar-refractivity contribution in [1.82, 2.24) is 5.32 Å². The minimum Gasteiger partial charge on any atom is -0.496 e. The third kappa shape index (κ3) is 5.57. The van der Waals surface area contributed by atoms with Gasteiger partial charge < -0.3 is 20.5 Å². The molecule has 0 radical (unpaired) electrons. The van der Waals surface area contributed by atoms with Crippen LogP contribution in [0.3, 0.4) is 0 Å². The SMILES string of the molecule is CCC(=O)Nc1cccc(C(=O)NCCc2ccc(C(=O)O)cc2OC)c1. The molecular formula is C20H22N2O5. The fraction of sp³-hybridized carbons (Fsp3) is 0.250. The number of carboxylic acids is 1. The minimum absolute atomic E-state index is 0.121. The summed E-state index contributed by atoms with van der Waals surface area (Å²) in [6.45, 7) is 2.11. The Bertz CT molecular complexity index is 848. The molecule has 0 aliphatic heterocycles. The van der Waals surface area contributed by atoms with E-state index < -0.39 is 5.97 Å². The smallest absolute Gasteiger partial charge is 0.335 e. The van der Waals surface area contributed by atoms with Gasteiger partial charge in [0.05, 0.1) is 12.7 Å². The second kappa shape index (κ2) is 9.38. The van der Waals surface area contributed by atoms with Gasteiger partial charge in [-0.25, -0.2) is 4.79 Å². The van der Waals surface area contributed by atoms with E-state index in [9.17, 15) is 14.4 Å². The minimum atomic E-state index is -1.02. The molecule has 0 unspecified atom stereocenters. The molecule has 0 heterocycles. The average Bonchev–Trinajstić information content (AvgIpc) is 2.67. The highest BCUT2D eigenvalue weighted by Gasteiger charge is 2.11. The van der Waals surface area contributed by atoms with E-state index in [0.717, 1.165) is 5.56 Å². The summed E-state index contributed by atoms with van der Waals surface area (Å²) < 4.78 is 5.23. The molecule has 7 heteroatoms. The van der Waals surface area contributed by atoms with Crippen LogP contribution in [0.1, 0.15) is 39.6 Å². The lowest BCUT2D eigenvalue weighted by molar-refractivity contribution is -0.115. The fourth-order valence-corrected chi connectivity index (χ4v) is 2.48. The van der Waals surface area contributed by atoms with Crippen LogP contribution >= 0.6 is 0 Å². The molecule has 0 aromatic heterocycles. The number of rotatable bonds is 8. The van der Waals surface area contributed by atoms with Gasteiger partial charge in [0.2, 0.25) is 5.91 Å². The number of carbonyl (C=O) groups excluding carboxylic acids is 2. The summed E-state index contributed by atoms with van der Waals surface area (Å²) in [6.07, 6.45) is 0.847. The summed E-state index contributed by atoms with van der Waals surface area (Å²) in [4.78, 5) is 34.8. The lowest BCUT2D eigenvalue weighted by Gasteiger charge is -2.11. The Kier molecular flexibility index (Phi) is 6.93. The van der Waals surface area contributed by atoms with Gasteiger partial charge in [-0.05, 0) is 42.3 Å². The largest absolute Gasteiger partial charge is 0.496 e. The molecule has 7 nitrogen and oxygen atoms in total. The number of methoxy groups -OCH3 is 1. The van der Waals surface area contributed by atoms with Crippen molar-refractivity contribution in [3.05, 3.63) is 59.2 Å². The molecule has 2 rings (SSSR count). The molecule has 0 bridgehead atoms. The van der Waals surface area contributed by atoms with Crippen LogP contribution in [-0.4, -0.2) is 36.5 Å². The van der Waals surface area contributed by atoms with E-state index in [1.54, 1.807) is 37.3 Å². The van der Waals surface area contributed by atoms with E-state index >= 15 is 0 Å². The summed E-state index contributed by atoms with van der Waals surface area (Å²) in [6, 6.07) is 11.3. The van der Waals surface area contributed by atoms with Crippen LogP contribution in [0.4, 0.5) is 5.69 Å². The highest BCUT2D eigenvalue weighted by molar-refractivity contribution is 5.97. The molecule has 0 fully saturated rings. The van der Waals surface area contributed by atoms with Gasteiger partial charge in [0.1, 0.15) is 5.75 Å². The van der Waals surface area contributed by atoms with Gasteiger partial charge in [0.15, 0.2) is 0 Å². The maximum atomic E-state index is 12.3. The van der Waals surface area contributed by atoms with Crippen LogP contribution in [0.5, 0.6) is 5.75 Å². The zero-order valence-corrected chi connectivity index (χ0v) is 15.2. The maximum Gasteiger partial charge on any atom is 0.335 e. The van der Waals surface area contributed by atoms with Crippen LogP contribution in [0.15, 0.2) is 42.5 Å². The van der Waals surface area contributed by atoms with Crippen molar-refractivity contribution in [2.45, 2.75) is 19.8 Å². The highest BCUT2D eigenvalue weighted by atomic mass is 16.5. The van der Waals surface area contributed by atoms with Crippen molar-refractivity contribution in [3.63, 3.8) is 0 Å². The number of aromatic carboxylic acids is 1. The molecule has 0 saturated heterocycles. The number of nitrogens with one attached hydrogen (secondary N) is 2. The summed E-state index contributed by atoms with van der Waals surface area (Å²) in [5.74, 6) is -0.940. The Labute approximate surface area is 157 Å². The van der Waals surface area contributed by atoms with Crippen LogP contribution in [0, 0.1) is 0 Å². The Morgan fingerprint density at radius 2 is 1.85 bits per heavy atom. The lowest BCUT2D eigenvalue weighted by Crippen LogP contribution is -2.26. The number of carbonyl (C=O) groups is 3. The summed E-state index contributed by atoms with van der Waals surface area (Å²) in [5.41, 5.74) is 1.95. The van der Waals surface area contributed by atoms with Gasteiger partial charge in [-0.2, -0.15) is 0 Å². The lowest BCUT2D eigenvalue weighted by atomic mass is 10.1. The van der Waals surface area contributed by atoms with Gasteiger partial charge in [0.25, 0.3) is 5.91 Å². The molecule has 0 aliphatic rings. The summed E-state index contributed by atoms with van der Waals surface area (Å²) in [5, 5.41) is 14.5. The topological polar surface area (TPSA) is 105 Å². The normalized spacial score (nSPS) is 10.1. The zero-order chi connectivity index (χ0) is 19.8. The maximum absolute atomic E-state index is 12.3. The zero-order valence-electron chi connectivity index (χ0n) is 15.2. The van der Waals surface area contributed by atoms with Crippen molar-refractivity contribution in [1.29, 1.82) is 0 Å². The van der Waals surface area contributed by atoms with Crippen LogP contribution in [0.25, 0.3) is 0 Å². The first-order chi connectivity index (χ1) is 12.9. The number of anilines is 1. The van der Waals surface area contributed by atoms with E-state index in [1.165, 1.54) is 19.2 Å². The standard InChI is InChI=1S/C20H22N2O5/c1-3-18(23)22-16-6-4-5-14(11-16)19(24)21-10-9-13-7-8-15(20(25)26)12-17(13)27-2/h4-8,11-12H,3,9-10H2,1-2H3,(H,21,24)(H,22,23)(H,25,26). The number of benzene rings is 2. The van der Waals surface area contributed by atoms with E-state index in [1.807, 2.05) is 0 Å². The summed E-state index contributed by atoms with van der Waals surface area (Å²) in [7, 11) is 1.47. The third-order valence-corrected chi connectivity index (χ3v) is 3.94. The van der Waals surface area contributed by atoms with Crippen molar-refractivity contribution in [3.8, 4) is 5.75 Å². The third-order valence-electron chi connectivity index (χ3n) is 3.94. The Hall–Kier alpha value is -3.35. The fourth-order valence-electron chi connectivity index (χ4n) is 2.48. The molecule has 3 N–H and O–H groups in total. The number of carboxylic acid groups (broad SMARTS) is 1. The van der Waals surface area contributed by atoms with E-state index in [-0.39, 0.29) is 17.4 Å². The predicted octanol–water partition coefficient (Wildman–Crippen LogP) is 2.71. The van der Waals surface area contributed by atoms with E-state index in [2.05, 4.69) is 10.6 Å². The van der Waals surface area contributed by atoms with Crippen molar-refractivity contribution in [2.75, 3.05) is 19.0 Å². The monoisotopic (exact) mass is 370 g/mol. The first kappa shape index (κ1) is 20.0. The van der Waals surface area contributed by atoms with Crippen LogP contribution in [0.2, 0.25) is 0 Å². The summed E-state index contributed by atoms with van der Waals surface area (Å²) >= 11 is 0. The predicted molar refractivity (Wildman–Crippen MR) is 101 cm³/mol. The molecule has 2 aromatic carbocycles. The Morgan fingerprint density at radius 1 is 1.07 bits per heavy atom. The number of amides is 2. The molecule has 0 atom stereocenters. The second-order valence-corrected chi connectivity index (χ2v) is 5.82. The first-order valence-corrected chi connectivity index (χ1v) is 8.53. The molecule has 27 heavy (non-hydrogen) atoms. The average molecular weight is 370 g/mol. The van der Waals surface area contributed by atoms with Gasteiger partial charge in [-0.1, -0.05) is 19.1 Å². The Morgan fingerprint density at radius 3 is 2.52 bits per heavy atom. The van der Waals surface area contributed by atoms with Crippen molar-refractivity contribution < 1.29 is 24.2 Å². The first-order valence-electron chi connectivity index (χ1n) is 8.53. The van der Waals surface area contributed by atoms with Crippen molar-refractivity contribution in [2.24, 2.45) is 0 Å². The van der Waals surface area contributed by atoms with Crippen LogP contribution < -0.4 is 15.4 Å². The molecule has 0 aliphatic carbocycles. The second-order valence-electron chi connectivity index (χ2n) is 5.82. The number of hydrogen-bond acceptors (Lipinski definition) is 4. The van der Waals surface area contributed by atoms with E-state index in [0.29, 0.717) is 36.4 Å². The van der Waals surface area contributed by atoms with Crippen LogP contribution in [-0.2, 0) is 11.2 Å². The van der Waals surface area contributed by atoms with Gasteiger partial charge in [-0.3, -0.25) is 9.59 Å². The Balaban J connectivity index is 1.97. The molecular weight excluding hydrogens is 348 g/mol. The van der Waals surface area contributed by atoms with Gasteiger partial charge >= 0.3 is 5.97 Å². The highest BCUT2D eigenvalue weighted by Crippen LogP contribution is 2.20. The number of ether oxygens (including phenoxy) is 1. The van der Waals surface area contributed by atoms with Gasteiger partial charge in [-0.15, -0.1) is 0 Å². The molecule has 142 valence electrons. The number of hydrogen-bond donors (Lipinski definition) is 3. The molecule has 2 aromatic rings. The molecule has 0 saturated carbocycles. The molecule has 2 amide bonds. The van der Waals surface area contributed by atoms with Gasteiger partial charge in [0, 0.05) is 24.2 Å². The molecule has 0 spiro atoms. The van der Waals surface area contributed by atoms with Crippen molar-refractivity contribution >= 4 is 23.5 Å². The quantitative estimate of drug-likeness (QED) is 0.663. The van der Waals surface area contributed by atoms with E-state index in [4.69, 9.17) is 9.84 Å².